The second-order valence-corrected chi connectivity index (χ2v) is 11.0. The van der Waals surface area contributed by atoms with E-state index in [9.17, 15) is 5.11 Å². The van der Waals surface area contributed by atoms with Gasteiger partial charge in [0.05, 0.1) is 12.0 Å². The Morgan fingerprint density at radius 2 is 1.82 bits per heavy atom. The third-order valence-corrected chi connectivity index (χ3v) is 8.34. The number of aromatic nitrogens is 4. The number of fused-ring (bicyclic) bond motifs is 4. The van der Waals surface area contributed by atoms with E-state index in [2.05, 4.69) is 19.9 Å². The molecule has 2 aromatic carbocycles. The van der Waals surface area contributed by atoms with Crippen molar-refractivity contribution in [3.05, 3.63) is 78.0 Å². The lowest BCUT2D eigenvalue weighted by Crippen LogP contribution is -2.37. The number of anilines is 1. The maximum absolute atomic E-state index is 16.4. The first-order valence-electron chi connectivity index (χ1n) is 13.9. The molecule has 202 valence electrons. The summed E-state index contributed by atoms with van der Waals surface area (Å²) in [5, 5.41) is 12.6. The molecule has 0 amide bonds. The van der Waals surface area contributed by atoms with Crippen LogP contribution in [0.5, 0.6) is 11.8 Å². The van der Waals surface area contributed by atoms with E-state index in [0.717, 1.165) is 35.1 Å². The van der Waals surface area contributed by atoms with E-state index in [1.165, 1.54) is 19.3 Å². The summed E-state index contributed by atoms with van der Waals surface area (Å²) in [4.78, 5) is 20.7. The lowest BCUT2D eigenvalue weighted by atomic mass is 9.98. The molecule has 7 nitrogen and oxygen atoms in total. The van der Waals surface area contributed by atoms with Gasteiger partial charge in [-0.15, -0.1) is 0 Å². The van der Waals surface area contributed by atoms with Gasteiger partial charge < -0.3 is 14.7 Å². The second-order valence-electron chi connectivity index (χ2n) is 11.0. The van der Waals surface area contributed by atoms with Crippen molar-refractivity contribution in [2.24, 2.45) is 11.8 Å². The fourth-order valence-corrected chi connectivity index (χ4v) is 6.41. The standard InChI is InChI=1S/C32H30FN5O2/c1-19-5-4-11-34-27(19)10-12-40-32-36-30-26(31(37-32)38-17-20-8-9-21(13-20)18-38)16-35-29(28(30)33)25-15-23(39)14-22-6-2-3-7-24(22)25/h2-7,11,14-16,20-21,39H,8-10,12-13,17-18H2,1H3. The molecule has 1 aliphatic carbocycles. The van der Waals surface area contributed by atoms with Crippen molar-refractivity contribution in [3.8, 4) is 23.0 Å². The van der Waals surface area contributed by atoms with Crippen LogP contribution in [0.3, 0.4) is 0 Å². The minimum atomic E-state index is -0.553. The van der Waals surface area contributed by atoms with E-state index in [1.807, 2.05) is 43.3 Å². The highest BCUT2D eigenvalue weighted by Gasteiger charge is 2.34. The summed E-state index contributed by atoms with van der Waals surface area (Å²) in [5.74, 6) is 1.41. The summed E-state index contributed by atoms with van der Waals surface area (Å²) in [6, 6.07) is 14.9. The van der Waals surface area contributed by atoms with Crippen molar-refractivity contribution in [3.63, 3.8) is 0 Å². The molecule has 40 heavy (non-hydrogen) atoms. The molecule has 2 fully saturated rings. The number of phenols is 1. The molecule has 0 radical (unpaired) electrons. The van der Waals surface area contributed by atoms with Crippen LogP contribution in [-0.4, -0.2) is 44.7 Å². The number of halogens is 1. The van der Waals surface area contributed by atoms with Gasteiger partial charge in [-0.1, -0.05) is 30.3 Å². The van der Waals surface area contributed by atoms with Crippen LogP contribution in [0, 0.1) is 24.6 Å². The molecular formula is C32H30FN5O2. The summed E-state index contributed by atoms with van der Waals surface area (Å²) >= 11 is 0. The molecule has 2 aliphatic rings. The summed E-state index contributed by atoms with van der Waals surface area (Å²) < 4.78 is 22.5. The van der Waals surface area contributed by atoms with Gasteiger partial charge in [0.15, 0.2) is 5.82 Å². The maximum Gasteiger partial charge on any atom is 0.319 e. The Bertz CT molecular complexity index is 1730. The van der Waals surface area contributed by atoms with Gasteiger partial charge in [0, 0.05) is 43.2 Å². The van der Waals surface area contributed by atoms with Crippen LogP contribution < -0.4 is 9.64 Å². The Balaban J connectivity index is 1.32. The van der Waals surface area contributed by atoms with E-state index in [-0.39, 0.29) is 23.0 Å². The van der Waals surface area contributed by atoms with E-state index in [0.29, 0.717) is 41.6 Å². The Hall–Kier alpha value is -4.33. The fraction of sp³-hybridized carbons (Fsp3) is 0.312. The normalized spacial score (nSPS) is 18.5. The number of benzene rings is 2. The quantitative estimate of drug-likeness (QED) is 0.275. The highest BCUT2D eigenvalue weighted by molar-refractivity contribution is 5.99. The van der Waals surface area contributed by atoms with Crippen molar-refractivity contribution >= 4 is 27.5 Å². The van der Waals surface area contributed by atoms with E-state index in [1.54, 1.807) is 24.5 Å². The molecule has 2 bridgehead atoms. The Kier molecular flexibility index (Phi) is 6.18. The molecule has 3 aromatic heterocycles. The molecule has 7 rings (SSSR count). The zero-order valence-corrected chi connectivity index (χ0v) is 22.3. The molecule has 4 heterocycles. The predicted molar refractivity (Wildman–Crippen MR) is 153 cm³/mol. The number of hydrogen-bond acceptors (Lipinski definition) is 7. The van der Waals surface area contributed by atoms with E-state index < -0.39 is 5.82 Å². The molecule has 2 unspecified atom stereocenters. The second kappa shape index (κ2) is 10.0. The topological polar surface area (TPSA) is 84.3 Å². The van der Waals surface area contributed by atoms with Crippen molar-refractivity contribution in [2.45, 2.75) is 32.6 Å². The molecule has 5 aromatic rings. The minimum Gasteiger partial charge on any atom is -0.508 e. The van der Waals surface area contributed by atoms with Gasteiger partial charge in [0.2, 0.25) is 0 Å². The van der Waals surface area contributed by atoms with Crippen LogP contribution in [-0.2, 0) is 6.42 Å². The number of rotatable bonds is 6. The average molecular weight is 536 g/mol. The number of aryl methyl sites for hydroxylation is 1. The van der Waals surface area contributed by atoms with E-state index >= 15 is 4.39 Å². The van der Waals surface area contributed by atoms with E-state index in [4.69, 9.17) is 9.72 Å². The average Bonchev–Trinajstić information content (AvgIpc) is 3.30. The number of aromatic hydroxyl groups is 1. The van der Waals surface area contributed by atoms with Crippen LogP contribution in [0.1, 0.15) is 30.5 Å². The van der Waals surface area contributed by atoms with Gasteiger partial charge in [0.1, 0.15) is 22.8 Å². The number of pyridine rings is 2. The molecule has 2 atom stereocenters. The fourth-order valence-electron chi connectivity index (χ4n) is 6.41. The first-order chi connectivity index (χ1) is 19.5. The van der Waals surface area contributed by atoms with Gasteiger partial charge in [-0.3, -0.25) is 9.97 Å². The number of phenolic OH excluding ortho intramolecular Hbond substituents is 1. The summed E-state index contributed by atoms with van der Waals surface area (Å²) in [6.45, 7) is 4.11. The lowest BCUT2D eigenvalue weighted by molar-refractivity contribution is 0.295. The summed E-state index contributed by atoms with van der Waals surface area (Å²) in [5.41, 5.74) is 2.86. The molecule has 1 aliphatic heterocycles. The molecule has 0 spiro atoms. The molecule has 8 heteroatoms. The van der Waals surface area contributed by atoms with Crippen molar-refractivity contribution in [2.75, 3.05) is 24.6 Å². The van der Waals surface area contributed by atoms with Gasteiger partial charge in [-0.25, -0.2) is 4.39 Å². The SMILES string of the molecule is Cc1cccnc1CCOc1nc(N2CC3CCC(C3)C2)c2cnc(-c3cc(O)cc4ccccc34)c(F)c2n1. The zero-order chi connectivity index (χ0) is 27.2. The monoisotopic (exact) mass is 535 g/mol. The molecule has 1 saturated carbocycles. The number of ether oxygens (including phenoxy) is 1. The van der Waals surface area contributed by atoms with Crippen LogP contribution in [0.4, 0.5) is 10.2 Å². The van der Waals surface area contributed by atoms with Crippen molar-refractivity contribution in [1.29, 1.82) is 0 Å². The maximum atomic E-state index is 16.4. The first kappa shape index (κ1) is 24.7. The Morgan fingerprint density at radius 3 is 2.65 bits per heavy atom. The summed E-state index contributed by atoms with van der Waals surface area (Å²) in [6.07, 6.45) is 7.72. The number of nitrogens with zero attached hydrogens (tertiary/aromatic N) is 5. The van der Waals surface area contributed by atoms with Crippen LogP contribution in [0.2, 0.25) is 0 Å². The van der Waals surface area contributed by atoms with Gasteiger partial charge in [-0.05, 0) is 72.6 Å². The van der Waals surface area contributed by atoms with Crippen molar-refractivity contribution in [1.82, 2.24) is 19.9 Å². The summed E-state index contributed by atoms with van der Waals surface area (Å²) in [7, 11) is 0. The van der Waals surface area contributed by atoms with Crippen molar-refractivity contribution < 1.29 is 14.2 Å². The third kappa shape index (κ3) is 4.47. The van der Waals surface area contributed by atoms with Gasteiger partial charge in [-0.2, -0.15) is 9.97 Å². The number of piperidine rings is 1. The highest BCUT2D eigenvalue weighted by atomic mass is 19.1. The lowest BCUT2D eigenvalue weighted by Gasteiger charge is -2.33. The number of hydrogen-bond donors (Lipinski definition) is 1. The highest BCUT2D eigenvalue weighted by Crippen LogP contribution is 2.41. The largest absolute Gasteiger partial charge is 0.508 e. The predicted octanol–water partition coefficient (Wildman–Crippen LogP) is 6.25. The molecular weight excluding hydrogens is 505 g/mol. The van der Waals surface area contributed by atoms with Gasteiger partial charge in [0.25, 0.3) is 0 Å². The first-order valence-corrected chi connectivity index (χ1v) is 13.9. The Morgan fingerprint density at radius 1 is 1.00 bits per heavy atom. The van der Waals surface area contributed by atoms with Gasteiger partial charge >= 0.3 is 6.01 Å². The van der Waals surface area contributed by atoms with Crippen LogP contribution >= 0.6 is 0 Å². The zero-order valence-electron chi connectivity index (χ0n) is 22.3. The smallest absolute Gasteiger partial charge is 0.319 e. The van der Waals surface area contributed by atoms with Crippen LogP contribution in [0.15, 0.2) is 60.9 Å². The Labute approximate surface area is 231 Å². The molecule has 1 saturated heterocycles. The third-order valence-electron chi connectivity index (χ3n) is 8.34. The molecule has 1 N–H and O–H groups in total. The minimum absolute atomic E-state index is 0.0519. The van der Waals surface area contributed by atoms with Crippen LogP contribution in [0.25, 0.3) is 32.9 Å².